The van der Waals surface area contributed by atoms with Gasteiger partial charge in [-0.2, -0.15) is 0 Å². The van der Waals surface area contributed by atoms with Crippen molar-refractivity contribution in [3.8, 4) is 0 Å². The Bertz CT molecular complexity index is 643. The van der Waals surface area contributed by atoms with Gasteiger partial charge in [-0.25, -0.2) is 4.79 Å². The van der Waals surface area contributed by atoms with Crippen LogP contribution in [0.5, 0.6) is 0 Å². The summed E-state index contributed by atoms with van der Waals surface area (Å²) >= 11 is 0. The minimum absolute atomic E-state index is 0.0134. The molecule has 25 heavy (non-hydrogen) atoms. The summed E-state index contributed by atoms with van der Waals surface area (Å²) in [5.41, 5.74) is 0.177. The lowest BCUT2D eigenvalue weighted by atomic mass is 10.1. The van der Waals surface area contributed by atoms with Crippen LogP contribution in [0.1, 0.15) is 23.2 Å². The first-order valence-corrected chi connectivity index (χ1v) is 7.99. The van der Waals surface area contributed by atoms with Crippen molar-refractivity contribution < 1.29 is 24.0 Å². The summed E-state index contributed by atoms with van der Waals surface area (Å²) in [4.78, 5) is 36.3. The van der Waals surface area contributed by atoms with Crippen LogP contribution in [0, 0.1) is 10.1 Å². The molecule has 1 aliphatic rings. The van der Waals surface area contributed by atoms with Gasteiger partial charge in [0.25, 0.3) is 11.6 Å². The SMILES string of the molecule is COCCNc1ccc([N+](=O)[O-])cc1C(=O)OCC(=O)N1CCCC1. The number of nitro benzene ring substituents is 1. The van der Waals surface area contributed by atoms with Gasteiger partial charge in [-0.1, -0.05) is 0 Å². The van der Waals surface area contributed by atoms with E-state index in [0.29, 0.717) is 31.9 Å². The number of carbonyl (C=O) groups is 2. The molecule has 9 nitrogen and oxygen atoms in total. The quantitative estimate of drug-likeness (QED) is 0.326. The maximum Gasteiger partial charge on any atom is 0.341 e. The number of ether oxygens (including phenoxy) is 2. The number of esters is 1. The van der Waals surface area contributed by atoms with Crippen molar-refractivity contribution in [2.45, 2.75) is 12.8 Å². The Morgan fingerprint density at radius 3 is 2.68 bits per heavy atom. The number of hydrogen-bond acceptors (Lipinski definition) is 7. The number of non-ortho nitro benzene ring substituents is 1. The number of hydrogen-bond donors (Lipinski definition) is 1. The molecule has 1 aliphatic heterocycles. The molecule has 0 unspecified atom stereocenters. The highest BCUT2D eigenvalue weighted by molar-refractivity contribution is 5.97. The second kappa shape index (κ2) is 8.97. The molecule has 1 amide bonds. The van der Waals surface area contributed by atoms with Crippen molar-refractivity contribution in [2.24, 2.45) is 0 Å². The molecule has 1 N–H and O–H groups in total. The summed E-state index contributed by atoms with van der Waals surface area (Å²) in [6.07, 6.45) is 1.89. The fourth-order valence-corrected chi connectivity index (χ4v) is 2.52. The number of methoxy groups -OCH3 is 1. The molecule has 0 aliphatic carbocycles. The highest BCUT2D eigenvalue weighted by Gasteiger charge is 2.22. The first-order chi connectivity index (χ1) is 12.0. The van der Waals surface area contributed by atoms with E-state index >= 15 is 0 Å². The van der Waals surface area contributed by atoms with Gasteiger partial charge in [-0.3, -0.25) is 14.9 Å². The Morgan fingerprint density at radius 2 is 2.04 bits per heavy atom. The van der Waals surface area contributed by atoms with Crippen molar-refractivity contribution in [1.82, 2.24) is 4.90 Å². The largest absolute Gasteiger partial charge is 0.452 e. The van der Waals surface area contributed by atoms with Gasteiger partial charge in [0, 0.05) is 44.6 Å². The minimum atomic E-state index is -0.781. The third-order valence-electron chi connectivity index (χ3n) is 3.84. The summed E-state index contributed by atoms with van der Waals surface area (Å²) in [7, 11) is 1.54. The summed E-state index contributed by atoms with van der Waals surface area (Å²) < 4.78 is 9.98. The molecular formula is C16H21N3O6. The minimum Gasteiger partial charge on any atom is -0.452 e. The first kappa shape index (κ1) is 18.7. The number of nitro groups is 1. The van der Waals surface area contributed by atoms with E-state index in [1.165, 1.54) is 19.2 Å². The fraction of sp³-hybridized carbons (Fsp3) is 0.500. The Balaban J connectivity index is 2.07. The van der Waals surface area contributed by atoms with Crippen molar-refractivity contribution >= 4 is 23.3 Å². The maximum absolute atomic E-state index is 12.3. The van der Waals surface area contributed by atoms with E-state index in [4.69, 9.17) is 9.47 Å². The molecule has 0 radical (unpaired) electrons. The smallest absolute Gasteiger partial charge is 0.341 e. The monoisotopic (exact) mass is 351 g/mol. The first-order valence-electron chi connectivity index (χ1n) is 7.99. The van der Waals surface area contributed by atoms with E-state index < -0.39 is 10.9 Å². The van der Waals surface area contributed by atoms with Gasteiger partial charge >= 0.3 is 5.97 Å². The lowest BCUT2D eigenvalue weighted by Gasteiger charge is -2.16. The standard InChI is InChI=1S/C16H21N3O6/c1-24-9-6-17-14-5-4-12(19(22)23)10-13(14)16(21)25-11-15(20)18-7-2-3-8-18/h4-5,10,17H,2-3,6-9,11H2,1H3. The van der Waals surface area contributed by atoms with E-state index in [9.17, 15) is 19.7 Å². The average Bonchev–Trinajstić information content (AvgIpc) is 3.14. The van der Waals surface area contributed by atoms with E-state index in [1.807, 2.05) is 0 Å². The van der Waals surface area contributed by atoms with Crippen LogP contribution in [0.4, 0.5) is 11.4 Å². The predicted octanol–water partition coefficient (Wildman–Crippen LogP) is 1.43. The molecule has 9 heteroatoms. The lowest BCUT2D eigenvalue weighted by molar-refractivity contribution is -0.384. The zero-order valence-corrected chi connectivity index (χ0v) is 14.0. The normalized spacial score (nSPS) is 13.6. The van der Waals surface area contributed by atoms with Crippen LogP contribution < -0.4 is 5.32 Å². The molecule has 0 saturated carbocycles. The van der Waals surface area contributed by atoms with Crippen LogP contribution in [0.2, 0.25) is 0 Å². The van der Waals surface area contributed by atoms with Gasteiger partial charge < -0.3 is 19.7 Å². The van der Waals surface area contributed by atoms with E-state index in [2.05, 4.69) is 5.32 Å². The van der Waals surface area contributed by atoms with Gasteiger partial charge in [0.2, 0.25) is 0 Å². The molecule has 0 bridgehead atoms. The zero-order valence-electron chi connectivity index (χ0n) is 14.0. The van der Waals surface area contributed by atoms with Gasteiger partial charge in [-0.05, 0) is 18.9 Å². The number of benzene rings is 1. The Hall–Kier alpha value is -2.68. The molecule has 1 aromatic carbocycles. The van der Waals surface area contributed by atoms with Crippen LogP contribution >= 0.6 is 0 Å². The molecule has 0 spiro atoms. The average molecular weight is 351 g/mol. The van der Waals surface area contributed by atoms with Crippen LogP contribution in [0.25, 0.3) is 0 Å². The maximum atomic E-state index is 12.3. The number of carbonyl (C=O) groups excluding carboxylic acids is 2. The van der Waals surface area contributed by atoms with Crippen LogP contribution in [-0.4, -0.2) is 61.7 Å². The van der Waals surface area contributed by atoms with Gasteiger partial charge in [0.1, 0.15) is 0 Å². The lowest BCUT2D eigenvalue weighted by Crippen LogP contribution is -2.32. The summed E-state index contributed by atoms with van der Waals surface area (Å²) in [6, 6.07) is 3.87. The summed E-state index contributed by atoms with van der Waals surface area (Å²) in [5, 5.41) is 13.9. The molecule has 1 aromatic rings. The van der Waals surface area contributed by atoms with Crippen molar-refractivity contribution in [3.63, 3.8) is 0 Å². The third-order valence-corrected chi connectivity index (χ3v) is 3.84. The Labute approximate surface area is 145 Å². The van der Waals surface area contributed by atoms with Crippen molar-refractivity contribution in [1.29, 1.82) is 0 Å². The number of likely N-dealkylation sites (tertiary alicyclic amines) is 1. The fourth-order valence-electron chi connectivity index (χ4n) is 2.52. The summed E-state index contributed by atoms with van der Waals surface area (Å²) in [6.45, 7) is 1.77. The number of nitrogens with zero attached hydrogens (tertiary/aromatic N) is 2. The number of amides is 1. The zero-order chi connectivity index (χ0) is 18.2. The number of anilines is 1. The van der Waals surface area contributed by atoms with Crippen molar-refractivity contribution in [2.75, 3.05) is 45.3 Å². The topological polar surface area (TPSA) is 111 Å². The van der Waals surface area contributed by atoms with Gasteiger partial charge in [0.15, 0.2) is 6.61 Å². The Kier molecular flexibility index (Phi) is 6.70. The molecule has 0 atom stereocenters. The molecule has 0 aromatic heterocycles. The summed E-state index contributed by atoms with van der Waals surface area (Å²) in [5.74, 6) is -1.04. The van der Waals surface area contributed by atoms with E-state index in [-0.39, 0.29) is 23.8 Å². The second-order valence-electron chi connectivity index (χ2n) is 5.57. The number of nitrogens with one attached hydrogen (secondary N) is 1. The molecule has 136 valence electrons. The third kappa shape index (κ3) is 5.15. The van der Waals surface area contributed by atoms with Crippen LogP contribution in [0.15, 0.2) is 18.2 Å². The highest BCUT2D eigenvalue weighted by Crippen LogP contribution is 2.23. The van der Waals surface area contributed by atoms with Gasteiger partial charge in [0.05, 0.1) is 17.1 Å². The predicted molar refractivity (Wildman–Crippen MR) is 89.6 cm³/mol. The molecule has 1 heterocycles. The van der Waals surface area contributed by atoms with Crippen LogP contribution in [0.3, 0.4) is 0 Å². The molecule has 1 saturated heterocycles. The molecule has 2 rings (SSSR count). The molecule has 1 fully saturated rings. The molecular weight excluding hydrogens is 330 g/mol. The van der Waals surface area contributed by atoms with E-state index in [0.717, 1.165) is 18.9 Å². The Morgan fingerprint density at radius 1 is 1.32 bits per heavy atom. The van der Waals surface area contributed by atoms with Crippen LogP contribution in [-0.2, 0) is 14.3 Å². The van der Waals surface area contributed by atoms with E-state index in [1.54, 1.807) is 4.90 Å². The van der Waals surface area contributed by atoms with Crippen molar-refractivity contribution in [3.05, 3.63) is 33.9 Å². The number of rotatable bonds is 8. The van der Waals surface area contributed by atoms with Gasteiger partial charge in [-0.15, -0.1) is 0 Å². The highest BCUT2D eigenvalue weighted by atomic mass is 16.6. The second-order valence-corrected chi connectivity index (χ2v) is 5.57.